The van der Waals surface area contributed by atoms with Crippen LogP contribution in [0.15, 0.2) is 24.3 Å². The number of nitrogens with one attached hydrogen (secondary N) is 1. The fourth-order valence-electron chi connectivity index (χ4n) is 2.64. The fraction of sp³-hybridized carbons (Fsp3) is 0.471. The number of hydrogen-bond donors (Lipinski definition) is 1. The van der Waals surface area contributed by atoms with Crippen molar-refractivity contribution < 1.29 is 14.4 Å². The van der Waals surface area contributed by atoms with Crippen LogP contribution in [-0.4, -0.2) is 41.6 Å². The molecule has 1 fully saturated rings. The van der Waals surface area contributed by atoms with Gasteiger partial charge in [-0.1, -0.05) is 19.1 Å². The van der Waals surface area contributed by atoms with Crippen LogP contribution in [-0.2, 0) is 4.79 Å². The average molecular weight is 302 g/mol. The summed E-state index contributed by atoms with van der Waals surface area (Å²) in [5.74, 6) is -0.0463. The summed E-state index contributed by atoms with van der Waals surface area (Å²) in [7, 11) is 0. The van der Waals surface area contributed by atoms with Crippen molar-refractivity contribution in [2.45, 2.75) is 39.2 Å². The first-order chi connectivity index (χ1) is 10.5. The van der Waals surface area contributed by atoms with Crippen molar-refractivity contribution in [2.24, 2.45) is 0 Å². The number of ketones is 1. The summed E-state index contributed by atoms with van der Waals surface area (Å²) in [5.41, 5.74) is 1.18. The molecule has 1 aliphatic heterocycles. The van der Waals surface area contributed by atoms with E-state index >= 15 is 0 Å². The maximum Gasteiger partial charge on any atom is 0.253 e. The lowest BCUT2D eigenvalue weighted by Crippen LogP contribution is -2.49. The van der Waals surface area contributed by atoms with Crippen LogP contribution < -0.4 is 5.32 Å². The van der Waals surface area contributed by atoms with Crippen molar-refractivity contribution in [3.63, 3.8) is 0 Å². The van der Waals surface area contributed by atoms with Crippen LogP contribution in [0, 0.1) is 0 Å². The molecular formula is C17H22N2O3. The molecule has 0 spiro atoms. The zero-order valence-corrected chi connectivity index (χ0v) is 13.1. The fourth-order valence-corrected chi connectivity index (χ4v) is 2.64. The van der Waals surface area contributed by atoms with Gasteiger partial charge in [0.2, 0.25) is 5.91 Å². The highest BCUT2D eigenvalue weighted by molar-refractivity contribution is 5.97. The van der Waals surface area contributed by atoms with E-state index in [1.807, 2.05) is 6.92 Å². The zero-order valence-electron chi connectivity index (χ0n) is 13.1. The minimum atomic E-state index is -0.0504. The van der Waals surface area contributed by atoms with Gasteiger partial charge in [-0.05, 0) is 31.9 Å². The van der Waals surface area contributed by atoms with Crippen LogP contribution in [0.3, 0.4) is 0 Å². The molecule has 1 atom stereocenters. The Morgan fingerprint density at radius 1 is 1.18 bits per heavy atom. The lowest BCUT2D eigenvalue weighted by molar-refractivity contribution is -0.121. The molecule has 2 amide bonds. The number of likely N-dealkylation sites (tertiary alicyclic amines) is 1. The van der Waals surface area contributed by atoms with Gasteiger partial charge in [-0.2, -0.15) is 0 Å². The number of nitrogens with zero attached hydrogens (tertiary/aromatic N) is 1. The first-order valence-electron chi connectivity index (χ1n) is 7.71. The average Bonchev–Trinajstić information content (AvgIpc) is 2.54. The third-order valence-corrected chi connectivity index (χ3v) is 3.93. The summed E-state index contributed by atoms with van der Waals surface area (Å²) in [5, 5.41) is 2.95. The van der Waals surface area contributed by atoms with Crippen LogP contribution in [0.4, 0.5) is 0 Å². The van der Waals surface area contributed by atoms with Crippen molar-refractivity contribution in [1.82, 2.24) is 10.2 Å². The van der Waals surface area contributed by atoms with E-state index < -0.39 is 0 Å². The molecule has 0 radical (unpaired) electrons. The van der Waals surface area contributed by atoms with Gasteiger partial charge in [-0.25, -0.2) is 0 Å². The molecule has 22 heavy (non-hydrogen) atoms. The second-order valence-electron chi connectivity index (χ2n) is 5.64. The molecule has 118 valence electrons. The molecular weight excluding hydrogens is 280 g/mol. The van der Waals surface area contributed by atoms with Crippen molar-refractivity contribution in [3.05, 3.63) is 35.4 Å². The highest BCUT2D eigenvalue weighted by Crippen LogP contribution is 2.15. The van der Waals surface area contributed by atoms with Crippen LogP contribution >= 0.6 is 0 Å². The second-order valence-corrected chi connectivity index (χ2v) is 5.64. The third kappa shape index (κ3) is 3.93. The van der Waals surface area contributed by atoms with E-state index in [1.165, 1.54) is 6.92 Å². The minimum absolute atomic E-state index is 0.0145. The van der Waals surface area contributed by atoms with E-state index in [9.17, 15) is 14.4 Å². The Balaban J connectivity index is 2.02. The van der Waals surface area contributed by atoms with Gasteiger partial charge in [0.1, 0.15) is 0 Å². The number of rotatable bonds is 4. The lowest BCUT2D eigenvalue weighted by Gasteiger charge is -2.33. The summed E-state index contributed by atoms with van der Waals surface area (Å²) in [6, 6.07) is 6.76. The Bertz CT molecular complexity index is 566. The molecule has 5 heteroatoms. The Morgan fingerprint density at radius 2 is 1.82 bits per heavy atom. The normalized spacial score (nSPS) is 17.9. The molecule has 1 N–H and O–H groups in total. The first-order valence-corrected chi connectivity index (χ1v) is 7.71. The molecule has 1 aromatic rings. The monoisotopic (exact) mass is 302 g/mol. The summed E-state index contributed by atoms with van der Waals surface area (Å²) < 4.78 is 0. The first kappa shape index (κ1) is 16.2. The number of benzene rings is 1. The smallest absolute Gasteiger partial charge is 0.253 e. The second kappa shape index (κ2) is 7.20. The van der Waals surface area contributed by atoms with Gasteiger partial charge in [-0.15, -0.1) is 0 Å². The predicted octanol–water partition coefficient (Wildman–Crippen LogP) is 2.02. The molecule has 1 aromatic carbocycles. The molecule has 0 unspecified atom stereocenters. The van der Waals surface area contributed by atoms with E-state index in [2.05, 4.69) is 5.32 Å². The summed E-state index contributed by atoms with van der Waals surface area (Å²) in [4.78, 5) is 37.0. The molecule has 5 nitrogen and oxygen atoms in total. The topological polar surface area (TPSA) is 66.5 Å². The lowest BCUT2D eigenvalue weighted by atomic mass is 10.0. The maximum atomic E-state index is 12.5. The van der Waals surface area contributed by atoms with Crippen molar-refractivity contribution >= 4 is 17.6 Å². The van der Waals surface area contributed by atoms with Gasteiger partial charge < -0.3 is 10.2 Å². The van der Waals surface area contributed by atoms with Gasteiger partial charge in [0.15, 0.2) is 5.78 Å². The number of carbonyl (C=O) groups excluding carboxylic acids is 3. The molecule has 1 saturated heterocycles. The highest BCUT2D eigenvalue weighted by atomic mass is 16.2. The van der Waals surface area contributed by atoms with E-state index in [0.29, 0.717) is 30.6 Å². The summed E-state index contributed by atoms with van der Waals surface area (Å²) in [6.45, 7) is 4.56. The number of hydrogen-bond acceptors (Lipinski definition) is 3. The van der Waals surface area contributed by atoms with E-state index in [0.717, 1.165) is 12.8 Å². The predicted molar refractivity (Wildman–Crippen MR) is 83.8 cm³/mol. The number of Topliss-reactive ketones (excluding diaryl/α,β-unsaturated/α-hetero) is 1. The Kier molecular flexibility index (Phi) is 5.31. The molecule has 1 heterocycles. The van der Waals surface area contributed by atoms with Gasteiger partial charge in [0, 0.05) is 36.7 Å². The van der Waals surface area contributed by atoms with E-state index in [1.54, 1.807) is 29.2 Å². The number of carbonyl (C=O) groups is 3. The third-order valence-electron chi connectivity index (χ3n) is 3.93. The van der Waals surface area contributed by atoms with Crippen LogP contribution in [0.5, 0.6) is 0 Å². The van der Waals surface area contributed by atoms with Crippen molar-refractivity contribution in [3.8, 4) is 0 Å². The van der Waals surface area contributed by atoms with E-state index in [4.69, 9.17) is 0 Å². The Hall–Kier alpha value is -2.17. The van der Waals surface area contributed by atoms with E-state index in [-0.39, 0.29) is 23.6 Å². The SMILES string of the molecule is CCC(=O)N[C@@H]1CCCN(C(=O)c2ccc(C(C)=O)cc2)C1. The quantitative estimate of drug-likeness (QED) is 0.865. The van der Waals surface area contributed by atoms with Gasteiger partial charge >= 0.3 is 0 Å². The number of amides is 2. The van der Waals surface area contributed by atoms with Gasteiger partial charge in [-0.3, -0.25) is 14.4 Å². The molecule has 0 aliphatic carbocycles. The van der Waals surface area contributed by atoms with Crippen LogP contribution in [0.1, 0.15) is 53.8 Å². The van der Waals surface area contributed by atoms with Crippen LogP contribution in [0.2, 0.25) is 0 Å². The summed E-state index contributed by atoms with van der Waals surface area (Å²) >= 11 is 0. The Labute approximate surface area is 130 Å². The molecule has 2 rings (SSSR count). The summed E-state index contributed by atoms with van der Waals surface area (Å²) in [6.07, 6.45) is 2.24. The zero-order chi connectivity index (χ0) is 16.1. The molecule has 0 aromatic heterocycles. The van der Waals surface area contributed by atoms with Crippen molar-refractivity contribution in [1.29, 1.82) is 0 Å². The Morgan fingerprint density at radius 3 is 2.41 bits per heavy atom. The molecule has 0 bridgehead atoms. The van der Waals surface area contributed by atoms with Gasteiger partial charge in [0.25, 0.3) is 5.91 Å². The van der Waals surface area contributed by atoms with Gasteiger partial charge in [0.05, 0.1) is 0 Å². The molecule has 0 saturated carbocycles. The minimum Gasteiger partial charge on any atom is -0.352 e. The standard InChI is InChI=1S/C17H22N2O3/c1-3-16(21)18-15-5-4-10-19(11-15)17(22)14-8-6-13(7-9-14)12(2)20/h6-9,15H,3-5,10-11H2,1-2H3,(H,18,21)/t15-/m1/s1. The van der Waals surface area contributed by atoms with Crippen LogP contribution in [0.25, 0.3) is 0 Å². The number of piperidine rings is 1. The van der Waals surface area contributed by atoms with Crippen molar-refractivity contribution in [2.75, 3.05) is 13.1 Å². The largest absolute Gasteiger partial charge is 0.352 e. The maximum absolute atomic E-state index is 12.5. The molecule has 1 aliphatic rings. The highest BCUT2D eigenvalue weighted by Gasteiger charge is 2.25.